The minimum absolute atomic E-state index is 0.0141. The summed E-state index contributed by atoms with van der Waals surface area (Å²) in [4.78, 5) is 26.6. The second-order valence-electron chi connectivity index (χ2n) is 6.60. The number of fused-ring (bicyclic) bond motifs is 1. The van der Waals surface area contributed by atoms with Crippen molar-refractivity contribution in [2.75, 3.05) is 31.2 Å². The summed E-state index contributed by atoms with van der Waals surface area (Å²) in [5.41, 5.74) is 2.98. The van der Waals surface area contributed by atoms with Crippen LogP contribution in [0.3, 0.4) is 0 Å². The van der Waals surface area contributed by atoms with Crippen LogP contribution in [0.15, 0.2) is 42.6 Å². The highest BCUT2D eigenvalue weighted by Gasteiger charge is 2.13. The van der Waals surface area contributed by atoms with Crippen LogP contribution in [0, 0.1) is 0 Å². The third kappa shape index (κ3) is 4.43. The van der Waals surface area contributed by atoms with Crippen LogP contribution < -0.4 is 10.2 Å². The molecule has 0 spiro atoms. The third-order valence-electron chi connectivity index (χ3n) is 4.66. The van der Waals surface area contributed by atoms with Crippen LogP contribution >= 0.6 is 0 Å². The fourth-order valence-electron chi connectivity index (χ4n) is 3.18. The smallest absolute Gasteiger partial charge is 0.220 e. The van der Waals surface area contributed by atoms with Gasteiger partial charge in [-0.3, -0.25) is 4.79 Å². The molecule has 1 aliphatic heterocycles. The third-order valence-corrected chi connectivity index (χ3v) is 4.66. The van der Waals surface area contributed by atoms with Gasteiger partial charge in [0.25, 0.3) is 0 Å². The largest absolute Gasteiger partial charge is 0.378 e. The van der Waals surface area contributed by atoms with Gasteiger partial charge in [-0.1, -0.05) is 12.1 Å². The molecule has 2 aromatic heterocycles. The number of pyridine rings is 1. The lowest BCUT2D eigenvalue weighted by molar-refractivity contribution is -0.121. The number of aromatic amines is 1. The van der Waals surface area contributed by atoms with Crippen LogP contribution in [0.5, 0.6) is 0 Å². The Bertz CT molecular complexity index is 884. The zero-order valence-corrected chi connectivity index (χ0v) is 15.1. The van der Waals surface area contributed by atoms with E-state index in [4.69, 9.17) is 4.74 Å². The summed E-state index contributed by atoms with van der Waals surface area (Å²) in [5.74, 6) is 1.79. The number of H-pyrrole nitrogens is 1. The first kappa shape index (κ1) is 17.5. The van der Waals surface area contributed by atoms with Crippen molar-refractivity contribution in [1.82, 2.24) is 20.3 Å². The van der Waals surface area contributed by atoms with Crippen LogP contribution in [0.1, 0.15) is 17.8 Å². The van der Waals surface area contributed by atoms with Crippen LogP contribution in [0.25, 0.3) is 11.0 Å². The maximum atomic E-state index is 12.2. The molecule has 3 aromatic rings. The summed E-state index contributed by atoms with van der Waals surface area (Å²) >= 11 is 0. The lowest BCUT2D eigenvalue weighted by Gasteiger charge is -2.28. The van der Waals surface area contributed by atoms with Crippen molar-refractivity contribution >= 4 is 22.8 Å². The van der Waals surface area contributed by atoms with Crippen molar-refractivity contribution in [3.8, 4) is 0 Å². The SMILES string of the molecule is O=C(CCc1nc2ccccc2[nH]1)NCc1ccnc(N2CCOCC2)c1. The molecule has 27 heavy (non-hydrogen) atoms. The van der Waals surface area contributed by atoms with Gasteiger partial charge >= 0.3 is 0 Å². The predicted octanol–water partition coefficient (Wildman–Crippen LogP) is 2.04. The molecule has 0 atom stereocenters. The highest BCUT2D eigenvalue weighted by atomic mass is 16.5. The molecule has 1 amide bonds. The molecule has 0 saturated carbocycles. The first-order chi connectivity index (χ1) is 13.3. The first-order valence-electron chi connectivity index (χ1n) is 9.26. The Morgan fingerprint density at radius 3 is 2.93 bits per heavy atom. The van der Waals surface area contributed by atoms with Gasteiger partial charge in [0, 0.05) is 38.7 Å². The zero-order chi connectivity index (χ0) is 18.5. The topological polar surface area (TPSA) is 83.1 Å². The average Bonchev–Trinajstić information content (AvgIpc) is 3.15. The molecule has 1 saturated heterocycles. The van der Waals surface area contributed by atoms with Crippen LogP contribution in [-0.4, -0.2) is 47.2 Å². The molecule has 7 nitrogen and oxygen atoms in total. The number of nitrogens with zero attached hydrogens (tertiary/aromatic N) is 3. The molecule has 0 bridgehead atoms. The maximum absolute atomic E-state index is 12.2. The number of anilines is 1. The number of morpholine rings is 1. The Morgan fingerprint density at radius 1 is 1.22 bits per heavy atom. The Labute approximate surface area is 157 Å². The van der Waals surface area contributed by atoms with Crippen molar-refractivity contribution in [3.05, 3.63) is 54.0 Å². The van der Waals surface area contributed by atoms with E-state index in [0.717, 1.165) is 54.5 Å². The van der Waals surface area contributed by atoms with E-state index in [1.807, 2.05) is 36.4 Å². The number of carbonyl (C=O) groups excluding carboxylic acids is 1. The molecule has 1 fully saturated rings. The maximum Gasteiger partial charge on any atom is 0.220 e. The monoisotopic (exact) mass is 365 g/mol. The van der Waals surface area contributed by atoms with Crippen molar-refractivity contribution in [2.45, 2.75) is 19.4 Å². The van der Waals surface area contributed by atoms with E-state index in [1.165, 1.54) is 0 Å². The van der Waals surface area contributed by atoms with Gasteiger partial charge in [0.15, 0.2) is 0 Å². The lowest BCUT2D eigenvalue weighted by Crippen LogP contribution is -2.36. The van der Waals surface area contributed by atoms with Crippen molar-refractivity contribution in [3.63, 3.8) is 0 Å². The van der Waals surface area contributed by atoms with Gasteiger partial charge in [-0.25, -0.2) is 9.97 Å². The zero-order valence-electron chi connectivity index (χ0n) is 15.1. The first-order valence-corrected chi connectivity index (χ1v) is 9.26. The number of carbonyl (C=O) groups is 1. The molecule has 1 aromatic carbocycles. The van der Waals surface area contributed by atoms with E-state index in [9.17, 15) is 4.79 Å². The molecule has 7 heteroatoms. The Balaban J connectivity index is 1.28. The summed E-state index contributed by atoms with van der Waals surface area (Å²) in [7, 11) is 0. The molecule has 2 N–H and O–H groups in total. The number of aromatic nitrogens is 3. The fourth-order valence-corrected chi connectivity index (χ4v) is 3.18. The van der Waals surface area contributed by atoms with Gasteiger partial charge in [-0.05, 0) is 29.8 Å². The lowest BCUT2D eigenvalue weighted by atomic mass is 10.2. The van der Waals surface area contributed by atoms with E-state index in [1.54, 1.807) is 6.20 Å². The number of imidazole rings is 1. The normalized spacial score (nSPS) is 14.4. The molecular formula is C20H23N5O2. The second kappa shape index (κ2) is 8.18. The van der Waals surface area contributed by atoms with Gasteiger partial charge < -0.3 is 19.9 Å². The summed E-state index contributed by atoms with van der Waals surface area (Å²) in [6.07, 6.45) is 2.79. The number of amides is 1. The van der Waals surface area contributed by atoms with Gasteiger partial charge in [0.1, 0.15) is 11.6 Å². The summed E-state index contributed by atoms with van der Waals surface area (Å²) in [5, 5.41) is 2.98. The van der Waals surface area contributed by atoms with E-state index in [-0.39, 0.29) is 5.91 Å². The molecular weight excluding hydrogens is 342 g/mol. The summed E-state index contributed by atoms with van der Waals surface area (Å²) in [6, 6.07) is 11.8. The van der Waals surface area contributed by atoms with Crippen LogP contribution in [0.4, 0.5) is 5.82 Å². The highest BCUT2D eigenvalue weighted by molar-refractivity contribution is 5.77. The van der Waals surface area contributed by atoms with Crippen molar-refractivity contribution in [1.29, 1.82) is 0 Å². The predicted molar refractivity (Wildman–Crippen MR) is 104 cm³/mol. The van der Waals surface area contributed by atoms with Crippen molar-refractivity contribution < 1.29 is 9.53 Å². The van der Waals surface area contributed by atoms with Gasteiger partial charge in [0.2, 0.25) is 5.91 Å². The van der Waals surface area contributed by atoms with Gasteiger partial charge in [0.05, 0.1) is 24.2 Å². The molecule has 1 aliphatic rings. The van der Waals surface area contributed by atoms with Crippen LogP contribution in [0.2, 0.25) is 0 Å². The number of hydrogen-bond donors (Lipinski definition) is 2. The number of aryl methyl sites for hydroxylation is 1. The van der Waals surface area contributed by atoms with Crippen molar-refractivity contribution in [2.24, 2.45) is 0 Å². The molecule has 4 rings (SSSR count). The van der Waals surface area contributed by atoms with E-state index >= 15 is 0 Å². The Kier molecular flexibility index (Phi) is 5.29. The standard InChI is InChI=1S/C20H23N5O2/c26-20(6-5-18-23-16-3-1-2-4-17(16)24-18)22-14-15-7-8-21-19(13-15)25-9-11-27-12-10-25/h1-4,7-8,13H,5-6,9-12,14H2,(H,22,26)(H,23,24). The number of nitrogens with one attached hydrogen (secondary N) is 2. The number of para-hydroxylation sites is 2. The minimum Gasteiger partial charge on any atom is -0.378 e. The molecule has 140 valence electrons. The van der Waals surface area contributed by atoms with Gasteiger partial charge in [-0.2, -0.15) is 0 Å². The number of rotatable bonds is 6. The molecule has 0 radical (unpaired) electrons. The highest BCUT2D eigenvalue weighted by Crippen LogP contribution is 2.14. The van der Waals surface area contributed by atoms with E-state index in [2.05, 4.69) is 25.2 Å². The number of benzene rings is 1. The average molecular weight is 365 g/mol. The number of hydrogen-bond acceptors (Lipinski definition) is 5. The Morgan fingerprint density at radius 2 is 2.07 bits per heavy atom. The molecule has 0 aliphatic carbocycles. The van der Waals surface area contributed by atoms with E-state index < -0.39 is 0 Å². The quantitative estimate of drug-likeness (QED) is 0.698. The van der Waals surface area contributed by atoms with E-state index in [0.29, 0.717) is 19.4 Å². The Hall–Kier alpha value is -2.93. The van der Waals surface area contributed by atoms with Gasteiger partial charge in [-0.15, -0.1) is 0 Å². The fraction of sp³-hybridized carbons (Fsp3) is 0.350. The molecule has 3 heterocycles. The summed E-state index contributed by atoms with van der Waals surface area (Å²) in [6.45, 7) is 3.65. The van der Waals surface area contributed by atoms with Crippen LogP contribution in [-0.2, 0) is 22.5 Å². The summed E-state index contributed by atoms with van der Waals surface area (Å²) < 4.78 is 5.38. The molecule has 0 unspecified atom stereocenters. The minimum atomic E-state index is 0.0141. The number of ether oxygens (including phenoxy) is 1. The second-order valence-corrected chi connectivity index (χ2v) is 6.60.